The highest BCUT2D eigenvalue weighted by Gasteiger charge is 2.31. The smallest absolute Gasteiger partial charge is 0.126 e. The zero-order chi connectivity index (χ0) is 20.9. The summed E-state index contributed by atoms with van der Waals surface area (Å²) in [4.78, 5) is 8.89. The number of carboxylic acids is 1. The molecule has 5 nitrogen and oxygen atoms in total. The summed E-state index contributed by atoms with van der Waals surface area (Å²) < 4.78 is 6.86. The van der Waals surface area contributed by atoms with Crippen LogP contribution in [0.4, 0.5) is 0 Å². The third-order valence-corrected chi connectivity index (χ3v) is 5.70. The van der Waals surface area contributed by atoms with E-state index in [9.17, 15) is 5.11 Å². The van der Waals surface area contributed by atoms with Gasteiger partial charge in [-0.05, 0) is 57.8 Å². The highest BCUT2D eigenvalue weighted by molar-refractivity contribution is 5.60. The average Bonchev–Trinajstić information content (AvgIpc) is 3.03. The van der Waals surface area contributed by atoms with Crippen molar-refractivity contribution in [2.75, 3.05) is 39.4 Å². The van der Waals surface area contributed by atoms with Crippen LogP contribution in [0.5, 0.6) is 0 Å². The molecule has 27 heavy (non-hydrogen) atoms. The molecule has 0 aromatic carbocycles. The molecule has 0 spiro atoms. The zero-order valence-electron chi connectivity index (χ0n) is 17.9. The Labute approximate surface area is 166 Å². The highest BCUT2D eigenvalue weighted by atomic mass is 16.5. The number of ether oxygens (including phenoxy) is 1. The second kappa shape index (κ2) is 13.9. The number of likely N-dealkylation sites (N-methyl/N-ethyl adjacent to an activating group) is 1. The van der Waals surface area contributed by atoms with Gasteiger partial charge in [0.15, 0.2) is 0 Å². The number of aliphatic hydroxyl groups excluding tert-OH is 1. The van der Waals surface area contributed by atoms with Gasteiger partial charge >= 0.3 is 0 Å². The average molecular weight is 384 g/mol. The fourth-order valence-corrected chi connectivity index (χ4v) is 4.09. The number of carboxylic acid groups (broad SMARTS) is 1. The molecule has 1 fully saturated rings. The van der Waals surface area contributed by atoms with Gasteiger partial charge in [-0.15, -0.1) is 13.2 Å². The molecule has 1 rings (SSSR count). The molecule has 1 aliphatic carbocycles. The molecule has 4 unspecified atom stereocenters. The molecule has 0 radical (unpaired) electrons. The van der Waals surface area contributed by atoms with Crippen molar-refractivity contribution in [3.63, 3.8) is 0 Å². The summed E-state index contributed by atoms with van der Waals surface area (Å²) >= 11 is 0. The molecule has 1 N–H and O–H groups in total. The summed E-state index contributed by atoms with van der Waals surface area (Å²) in [6.45, 7) is 20.7. The van der Waals surface area contributed by atoms with Crippen molar-refractivity contribution in [2.24, 2.45) is 17.8 Å². The Morgan fingerprint density at radius 2 is 1.85 bits per heavy atom. The molecule has 0 amide bonds. The van der Waals surface area contributed by atoms with Crippen LogP contribution in [0.15, 0.2) is 25.3 Å². The summed E-state index contributed by atoms with van der Waals surface area (Å²) in [6, 6.07) is 0. The largest absolute Gasteiger partial charge is 0.550 e. The minimum Gasteiger partial charge on any atom is -0.550 e. The number of hydrogen-bond donors (Lipinski definition) is 1. The van der Waals surface area contributed by atoms with Gasteiger partial charge in [-0.1, -0.05) is 19.1 Å². The van der Waals surface area contributed by atoms with Gasteiger partial charge in [-0.25, -0.2) is 0 Å². The van der Waals surface area contributed by atoms with Crippen molar-refractivity contribution in [1.82, 2.24) is 0 Å². The monoisotopic (exact) mass is 383 g/mol. The molecule has 4 atom stereocenters. The van der Waals surface area contributed by atoms with Gasteiger partial charge in [-0.3, -0.25) is 0 Å². The van der Waals surface area contributed by atoms with E-state index in [-0.39, 0.29) is 6.10 Å². The van der Waals surface area contributed by atoms with Crippen molar-refractivity contribution in [2.45, 2.75) is 53.1 Å². The fourth-order valence-electron chi connectivity index (χ4n) is 4.09. The molecule has 0 aromatic heterocycles. The first kappa shape index (κ1) is 25.8. The van der Waals surface area contributed by atoms with E-state index in [2.05, 4.69) is 46.1 Å². The SMILES string of the molecule is C=CC1CC(C=C)C(COCC(O)C[N+](CC)(CC)CCC)C1.CC(=O)[O-]. The molecule has 158 valence electrons. The highest BCUT2D eigenvalue weighted by Crippen LogP contribution is 2.37. The first-order valence-electron chi connectivity index (χ1n) is 10.3. The van der Waals surface area contributed by atoms with Crippen molar-refractivity contribution in [1.29, 1.82) is 0 Å². The lowest BCUT2D eigenvalue weighted by molar-refractivity contribution is -0.927. The number of carbonyl (C=O) groups excluding carboxylic acids is 1. The summed E-state index contributed by atoms with van der Waals surface area (Å²) in [5.41, 5.74) is 0. The molecule has 0 aromatic rings. The second-order valence-electron chi connectivity index (χ2n) is 7.69. The topological polar surface area (TPSA) is 69.6 Å². The minimum atomic E-state index is -1.08. The van der Waals surface area contributed by atoms with Crippen LogP contribution >= 0.6 is 0 Å². The summed E-state index contributed by atoms with van der Waals surface area (Å²) in [5.74, 6) is 0.553. The van der Waals surface area contributed by atoms with Crippen LogP contribution < -0.4 is 5.11 Å². The van der Waals surface area contributed by atoms with E-state index in [0.29, 0.717) is 24.4 Å². The Hall–Kier alpha value is -1.17. The molecular formula is C22H41NO4. The predicted octanol–water partition coefficient (Wildman–Crippen LogP) is 2.40. The molecule has 0 aliphatic heterocycles. The van der Waals surface area contributed by atoms with E-state index in [1.807, 2.05) is 0 Å². The maximum absolute atomic E-state index is 10.4. The quantitative estimate of drug-likeness (QED) is 0.415. The molecule has 0 bridgehead atoms. The molecule has 1 saturated carbocycles. The summed E-state index contributed by atoms with van der Waals surface area (Å²) in [6.07, 6.45) is 7.18. The number of hydrogen-bond acceptors (Lipinski definition) is 4. The Morgan fingerprint density at radius 3 is 2.30 bits per heavy atom. The van der Waals surface area contributed by atoms with E-state index in [4.69, 9.17) is 14.6 Å². The molecule has 5 heteroatoms. The van der Waals surface area contributed by atoms with Crippen LogP contribution in [-0.2, 0) is 9.53 Å². The lowest BCUT2D eigenvalue weighted by Gasteiger charge is -2.38. The van der Waals surface area contributed by atoms with Crippen LogP contribution in [0.2, 0.25) is 0 Å². The van der Waals surface area contributed by atoms with Gasteiger partial charge in [-0.2, -0.15) is 0 Å². The van der Waals surface area contributed by atoms with Crippen molar-refractivity contribution in [3.8, 4) is 0 Å². The lowest BCUT2D eigenvalue weighted by Crippen LogP contribution is -2.53. The van der Waals surface area contributed by atoms with E-state index in [1.165, 1.54) is 0 Å². The maximum atomic E-state index is 10.4. The fraction of sp³-hybridized carbons (Fsp3) is 0.773. The second-order valence-corrected chi connectivity index (χ2v) is 7.69. The summed E-state index contributed by atoms with van der Waals surface area (Å²) in [7, 11) is 0. The summed E-state index contributed by atoms with van der Waals surface area (Å²) in [5, 5.41) is 19.3. The van der Waals surface area contributed by atoms with Gasteiger partial charge in [0, 0.05) is 5.97 Å². The van der Waals surface area contributed by atoms with Gasteiger partial charge in [0.25, 0.3) is 0 Å². The third kappa shape index (κ3) is 10.1. The molecule has 0 heterocycles. The number of aliphatic carboxylic acids is 1. The van der Waals surface area contributed by atoms with Gasteiger partial charge < -0.3 is 24.2 Å². The third-order valence-electron chi connectivity index (χ3n) is 5.70. The van der Waals surface area contributed by atoms with E-state index in [0.717, 1.165) is 63.5 Å². The maximum Gasteiger partial charge on any atom is 0.126 e. The van der Waals surface area contributed by atoms with E-state index >= 15 is 0 Å². The van der Waals surface area contributed by atoms with Crippen LogP contribution in [0, 0.1) is 17.8 Å². The van der Waals surface area contributed by atoms with Crippen LogP contribution in [-0.4, -0.2) is 61.1 Å². The van der Waals surface area contributed by atoms with Crippen molar-refractivity contribution >= 4 is 5.97 Å². The number of rotatable bonds is 12. The van der Waals surface area contributed by atoms with Gasteiger partial charge in [0.1, 0.15) is 12.6 Å². The Bertz CT molecular complexity index is 430. The molecular weight excluding hydrogens is 342 g/mol. The van der Waals surface area contributed by atoms with Gasteiger partial charge in [0.05, 0.1) is 32.8 Å². The number of nitrogens with zero attached hydrogens (tertiary/aromatic N) is 1. The van der Waals surface area contributed by atoms with Crippen molar-refractivity contribution in [3.05, 3.63) is 25.3 Å². The number of carbonyl (C=O) groups is 1. The van der Waals surface area contributed by atoms with Gasteiger partial charge in [0.2, 0.25) is 0 Å². The zero-order valence-corrected chi connectivity index (χ0v) is 17.9. The standard InChI is InChI=1S/C20H38NO2.C2H4O2/c1-6-11-21(9-4,10-5)14-20(22)16-23-15-19-13-17(7-2)12-18(19)8-3;1-2(3)4/h7-8,17-20,22H,2-3,6,9-16H2,1,4-5H3;1H3,(H,3,4)/q+1;/p-1. The normalized spacial score (nSPS) is 23.2. The van der Waals surface area contributed by atoms with Crippen LogP contribution in [0.3, 0.4) is 0 Å². The predicted molar refractivity (Wildman–Crippen MR) is 109 cm³/mol. The van der Waals surface area contributed by atoms with Crippen LogP contribution in [0.1, 0.15) is 47.0 Å². The first-order chi connectivity index (χ1) is 12.8. The Morgan fingerprint density at radius 1 is 1.26 bits per heavy atom. The van der Waals surface area contributed by atoms with Crippen molar-refractivity contribution < 1.29 is 24.2 Å². The molecule has 1 aliphatic rings. The Kier molecular flexibility index (Phi) is 13.3. The first-order valence-corrected chi connectivity index (χ1v) is 10.3. The number of allylic oxidation sites excluding steroid dienone is 2. The van der Waals surface area contributed by atoms with Crippen LogP contribution in [0.25, 0.3) is 0 Å². The van der Waals surface area contributed by atoms with E-state index < -0.39 is 5.97 Å². The number of aliphatic hydroxyl groups is 1. The number of quaternary nitrogens is 1. The lowest BCUT2D eigenvalue weighted by atomic mass is 9.97. The Balaban J connectivity index is 0.00000153. The molecule has 0 saturated heterocycles. The minimum absolute atomic E-state index is 0.375. The van der Waals surface area contributed by atoms with E-state index in [1.54, 1.807) is 0 Å².